The van der Waals surface area contributed by atoms with Gasteiger partial charge in [0.05, 0.1) is 0 Å². The van der Waals surface area contributed by atoms with Gasteiger partial charge in [0.2, 0.25) is 0 Å². The van der Waals surface area contributed by atoms with Crippen LogP contribution in [0, 0.1) is 6.92 Å². The van der Waals surface area contributed by atoms with Crippen LogP contribution in [0.15, 0.2) is 30.3 Å². The molecule has 13 heavy (non-hydrogen) atoms. The molecule has 0 aliphatic rings. The van der Waals surface area contributed by atoms with Crippen molar-refractivity contribution in [3.8, 4) is 5.75 Å². The van der Waals surface area contributed by atoms with E-state index in [9.17, 15) is 5.11 Å². The molecule has 0 spiro atoms. The quantitative estimate of drug-likeness (QED) is 0.601. The first-order valence-corrected chi connectivity index (χ1v) is 4.17. The minimum absolute atomic E-state index is 0.294. The van der Waals surface area contributed by atoms with Crippen molar-refractivity contribution in [2.24, 2.45) is 0 Å². The number of phenolic OH excluding ortho intramolecular Hbond substituents is 1. The fourth-order valence-corrected chi connectivity index (χ4v) is 1.55. The van der Waals surface area contributed by atoms with E-state index in [0.717, 1.165) is 16.3 Å². The van der Waals surface area contributed by atoms with Gasteiger partial charge in [-0.3, -0.25) is 0 Å². The van der Waals surface area contributed by atoms with Gasteiger partial charge in [0, 0.05) is 11.1 Å². The summed E-state index contributed by atoms with van der Waals surface area (Å²) in [5.74, 6) is 0.294. The van der Waals surface area contributed by atoms with Crippen molar-refractivity contribution in [3.63, 3.8) is 0 Å². The van der Waals surface area contributed by atoms with Gasteiger partial charge in [0.15, 0.2) is 0 Å². The maximum absolute atomic E-state index is 9.62. The summed E-state index contributed by atoms with van der Waals surface area (Å²) in [6.45, 7) is 1.91. The lowest BCUT2D eigenvalue weighted by molar-refractivity contribution is 0.481. The highest BCUT2D eigenvalue weighted by molar-refractivity contribution is 5.94. The van der Waals surface area contributed by atoms with E-state index in [4.69, 9.17) is 5.73 Å². The fourth-order valence-electron chi connectivity index (χ4n) is 1.55. The Balaban J connectivity index is 2.97. The average molecular weight is 173 g/mol. The Hall–Kier alpha value is -1.70. The van der Waals surface area contributed by atoms with E-state index in [1.54, 1.807) is 6.07 Å². The largest absolute Gasteiger partial charge is 0.507 e. The maximum atomic E-state index is 9.62. The number of hydrogen-bond donors (Lipinski definition) is 2. The molecule has 2 nitrogen and oxygen atoms in total. The predicted molar refractivity (Wildman–Crippen MR) is 54.8 cm³/mol. The van der Waals surface area contributed by atoms with Crippen LogP contribution in [-0.4, -0.2) is 5.11 Å². The second-order valence-corrected chi connectivity index (χ2v) is 3.16. The highest BCUT2D eigenvalue weighted by Gasteiger charge is 2.04. The zero-order chi connectivity index (χ0) is 9.42. The van der Waals surface area contributed by atoms with Crippen molar-refractivity contribution >= 4 is 16.5 Å². The SMILES string of the molecule is Cc1c(N)ccc2cccc(O)c12. The number of phenols is 1. The molecule has 0 bridgehead atoms. The zero-order valence-corrected chi connectivity index (χ0v) is 7.41. The smallest absolute Gasteiger partial charge is 0.123 e. The molecule has 0 saturated heterocycles. The lowest BCUT2D eigenvalue weighted by Gasteiger charge is -2.06. The third kappa shape index (κ3) is 1.11. The van der Waals surface area contributed by atoms with E-state index in [-0.39, 0.29) is 0 Å². The molecule has 2 heteroatoms. The van der Waals surface area contributed by atoms with Crippen LogP contribution in [0.2, 0.25) is 0 Å². The summed E-state index contributed by atoms with van der Waals surface area (Å²) in [6, 6.07) is 9.23. The zero-order valence-electron chi connectivity index (χ0n) is 7.41. The predicted octanol–water partition coefficient (Wildman–Crippen LogP) is 2.44. The van der Waals surface area contributed by atoms with Gasteiger partial charge >= 0.3 is 0 Å². The third-order valence-corrected chi connectivity index (χ3v) is 2.33. The van der Waals surface area contributed by atoms with Crippen molar-refractivity contribution in [1.82, 2.24) is 0 Å². The van der Waals surface area contributed by atoms with Crippen LogP contribution in [0.1, 0.15) is 5.56 Å². The van der Waals surface area contributed by atoms with Gasteiger partial charge in [0.25, 0.3) is 0 Å². The highest BCUT2D eigenvalue weighted by Crippen LogP contribution is 2.30. The number of nitrogen functional groups attached to an aromatic ring is 1. The van der Waals surface area contributed by atoms with Crippen LogP contribution in [0.5, 0.6) is 5.75 Å². The van der Waals surface area contributed by atoms with Gasteiger partial charge in [-0.2, -0.15) is 0 Å². The molecule has 0 aliphatic heterocycles. The Kier molecular flexibility index (Phi) is 1.62. The van der Waals surface area contributed by atoms with Crippen molar-refractivity contribution in [1.29, 1.82) is 0 Å². The van der Waals surface area contributed by atoms with E-state index in [1.807, 2.05) is 31.2 Å². The molecular formula is C11H11NO. The number of aromatic hydroxyl groups is 1. The van der Waals surface area contributed by atoms with Crippen LogP contribution in [-0.2, 0) is 0 Å². The molecule has 0 saturated carbocycles. The van der Waals surface area contributed by atoms with E-state index in [1.165, 1.54) is 0 Å². The second-order valence-electron chi connectivity index (χ2n) is 3.16. The topological polar surface area (TPSA) is 46.2 Å². The minimum atomic E-state index is 0.294. The molecule has 2 rings (SSSR count). The van der Waals surface area contributed by atoms with Gasteiger partial charge < -0.3 is 10.8 Å². The molecule has 0 heterocycles. The van der Waals surface area contributed by atoms with Crippen molar-refractivity contribution in [3.05, 3.63) is 35.9 Å². The Labute approximate surface area is 76.6 Å². The molecule has 0 aliphatic carbocycles. The minimum Gasteiger partial charge on any atom is -0.507 e. The molecule has 0 radical (unpaired) electrons. The van der Waals surface area contributed by atoms with Gasteiger partial charge in [-0.05, 0) is 30.0 Å². The number of fused-ring (bicyclic) bond motifs is 1. The normalized spacial score (nSPS) is 10.5. The van der Waals surface area contributed by atoms with Crippen LogP contribution >= 0.6 is 0 Å². The number of hydrogen-bond acceptors (Lipinski definition) is 2. The lowest BCUT2D eigenvalue weighted by atomic mass is 10.0. The van der Waals surface area contributed by atoms with Gasteiger partial charge in [-0.25, -0.2) is 0 Å². The van der Waals surface area contributed by atoms with E-state index >= 15 is 0 Å². The molecule has 0 fully saturated rings. The summed E-state index contributed by atoms with van der Waals surface area (Å²) in [5.41, 5.74) is 7.40. The Morgan fingerprint density at radius 3 is 2.69 bits per heavy atom. The standard InChI is InChI=1S/C11H11NO/c1-7-9(12)6-5-8-3-2-4-10(13)11(7)8/h2-6,13H,12H2,1H3. The summed E-state index contributed by atoms with van der Waals surface area (Å²) in [4.78, 5) is 0. The Bertz CT molecular complexity index is 463. The number of aryl methyl sites for hydroxylation is 1. The summed E-state index contributed by atoms with van der Waals surface area (Å²) in [7, 11) is 0. The molecule has 66 valence electrons. The van der Waals surface area contributed by atoms with Crippen LogP contribution in [0.4, 0.5) is 5.69 Å². The van der Waals surface area contributed by atoms with Crippen LogP contribution in [0.25, 0.3) is 10.8 Å². The summed E-state index contributed by atoms with van der Waals surface area (Å²) in [5, 5.41) is 11.5. The van der Waals surface area contributed by atoms with Gasteiger partial charge in [0.1, 0.15) is 5.75 Å². The molecule has 0 aromatic heterocycles. The molecule has 0 atom stereocenters. The average Bonchev–Trinajstić information content (AvgIpc) is 2.12. The molecule has 0 unspecified atom stereocenters. The fraction of sp³-hybridized carbons (Fsp3) is 0.0909. The Morgan fingerprint density at radius 1 is 1.15 bits per heavy atom. The van der Waals surface area contributed by atoms with E-state index in [2.05, 4.69) is 0 Å². The first-order valence-electron chi connectivity index (χ1n) is 4.17. The highest BCUT2D eigenvalue weighted by atomic mass is 16.3. The number of nitrogens with two attached hydrogens (primary N) is 1. The van der Waals surface area contributed by atoms with Crippen molar-refractivity contribution in [2.75, 3.05) is 5.73 Å². The second kappa shape index (κ2) is 2.66. The van der Waals surface area contributed by atoms with Crippen LogP contribution in [0.3, 0.4) is 0 Å². The molecule has 2 aromatic rings. The van der Waals surface area contributed by atoms with Crippen molar-refractivity contribution < 1.29 is 5.11 Å². The van der Waals surface area contributed by atoms with Crippen molar-refractivity contribution in [2.45, 2.75) is 6.92 Å². The third-order valence-electron chi connectivity index (χ3n) is 2.33. The monoisotopic (exact) mass is 173 g/mol. The summed E-state index contributed by atoms with van der Waals surface area (Å²) in [6.07, 6.45) is 0. The molecular weight excluding hydrogens is 162 g/mol. The lowest BCUT2D eigenvalue weighted by Crippen LogP contribution is -1.90. The maximum Gasteiger partial charge on any atom is 0.123 e. The first kappa shape index (κ1) is 7.92. The summed E-state index contributed by atoms with van der Waals surface area (Å²) < 4.78 is 0. The number of anilines is 1. The first-order chi connectivity index (χ1) is 6.20. The van der Waals surface area contributed by atoms with E-state index in [0.29, 0.717) is 11.4 Å². The number of benzene rings is 2. The summed E-state index contributed by atoms with van der Waals surface area (Å²) >= 11 is 0. The molecule has 0 amide bonds. The Morgan fingerprint density at radius 2 is 1.92 bits per heavy atom. The molecule has 2 aromatic carbocycles. The van der Waals surface area contributed by atoms with Gasteiger partial charge in [-0.1, -0.05) is 18.2 Å². The van der Waals surface area contributed by atoms with Crippen LogP contribution < -0.4 is 5.73 Å². The van der Waals surface area contributed by atoms with E-state index < -0.39 is 0 Å². The van der Waals surface area contributed by atoms with Gasteiger partial charge in [-0.15, -0.1) is 0 Å². The molecule has 3 N–H and O–H groups in total. The number of rotatable bonds is 0.